The minimum atomic E-state index is -0.331. The van der Waals surface area contributed by atoms with Crippen LogP contribution in [0.3, 0.4) is 0 Å². The number of carbonyl (C=O) groups excluding carboxylic acids is 1. The maximum absolute atomic E-state index is 13.3. The highest BCUT2D eigenvalue weighted by molar-refractivity contribution is 5.93. The molecule has 1 aromatic heterocycles. The number of hydrogen-bond acceptors (Lipinski definition) is 5. The van der Waals surface area contributed by atoms with Gasteiger partial charge in [0.05, 0.1) is 38.9 Å². The summed E-state index contributed by atoms with van der Waals surface area (Å²) in [5.41, 5.74) is 2.15. The molecule has 1 atom stereocenters. The smallest absolute Gasteiger partial charge is 0.269 e. The van der Waals surface area contributed by atoms with Gasteiger partial charge >= 0.3 is 0 Å². The molecular formula is C23H25FN4O3. The summed E-state index contributed by atoms with van der Waals surface area (Å²) >= 11 is 0. The first-order valence-corrected chi connectivity index (χ1v) is 10.2. The molecule has 0 spiro atoms. The summed E-state index contributed by atoms with van der Waals surface area (Å²) in [6.07, 6.45) is 3.06. The van der Waals surface area contributed by atoms with Gasteiger partial charge in [-0.15, -0.1) is 0 Å². The third kappa shape index (κ3) is 4.92. The zero-order valence-corrected chi connectivity index (χ0v) is 17.3. The second-order valence-corrected chi connectivity index (χ2v) is 7.27. The number of methoxy groups -OCH3 is 1. The highest BCUT2D eigenvalue weighted by Crippen LogP contribution is 2.24. The van der Waals surface area contributed by atoms with Crippen LogP contribution in [0.4, 0.5) is 4.39 Å². The van der Waals surface area contributed by atoms with Crippen molar-refractivity contribution in [3.05, 3.63) is 78.1 Å². The molecule has 1 aliphatic rings. The van der Waals surface area contributed by atoms with E-state index in [-0.39, 0.29) is 17.8 Å². The van der Waals surface area contributed by atoms with Gasteiger partial charge in [-0.1, -0.05) is 12.1 Å². The number of imidazole rings is 1. The average Bonchev–Trinajstić information content (AvgIpc) is 3.31. The maximum atomic E-state index is 13.3. The Balaban J connectivity index is 1.51. The molecular weight excluding hydrogens is 399 g/mol. The van der Waals surface area contributed by atoms with Gasteiger partial charge < -0.3 is 14.8 Å². The second-order valence-electron chi connectivity index (χ2n) is 7.27. The van der Waals surface area contributed by atoms with Gasteiger partial charge in [0.15, 0.2) is 0 Å². The summed E-state index contributed by atoms with van der Waals surface area (Å²) in [4.78, 5) is 19.4. The van der Waals surface area contributed by atoms with Gasteiger partial charge in [0.25, 0.3) is 5.91 Å². The minimum absolute atomic E-state index is 0.000878. The van der Waals surface area contributed by atoms with Crippen molar-refractivity contribution in [3.63, 3.8) is 0 Å². The number of morpholine rings is 1. The van der Waals surface area contributed by atoms with Crippen LogP contribution < -0.4 is 10.1 Å². The molecule has 162 valence electrons. The fraction of sp³-hybridized carbons (Fsp3) is 0.304. The molecule has 0 radical (unpaired) electrons. The summed E-state index contributed by atoms with van der Waals surface area (Å²) in [5, 5.41) is 3.04. The fourth-order valence-electron chi connectivity index (χ4n) is 3.72. The van der Waals surface area contributed by atoms with Crippen LogP contribution in [0.15, 0.2) is 61.1 Å². The summed E-state index contributed by atoms with van der Waals surface area (Å²) in [7, 11) is 1.64. The lowest BCUT2D eigenvalue weighted by atomic mass is 10.0. The lowest BCUT2D eigenvalue weighted by Crippen LogP contribution is -2.44. The van der Waals surface area contributed by atoms with Crippen molar-refractivity contribution in [3.8, 4) is 11.4 Å². The Morgan fingerprint density at radius 1 is 1.16 bits per heavy atom. The molecule has 0 bridgehead atoms. The Labute approximate surface area is 180 Å². The van der Waals surface area contributed by atoms with Gasteiger partial charge in [0, 0.05) is 25.3 Å². The van der Waals surface area contributed by atoms with E-state index >= 15 is 0 Å². The third-order valence-corrected chi connectivity index (χ3v) is 5.42. The number of aromatic nitrogens is 2. The summed E-state index contributed by atoms with van der Waals surface area (Å²) in [6.45, 7) is 3.34. The number of hydrogen-bond donors (Lipinski definition) is 1. The maximum Gasteiger partial charge on any atom is 0.269 e. The van der Waals surface area contributed by atoms with E-state index in [0.29, 0.717) is 31.1 Å². The highest BCUT2D eigenvalue weighted by Gasteiger charge is 2.24. The van der Waals surface area contributed by atoms with Gasteiger partial charge in [0.2, 0.25) is 0 Å². The zero-order valence-electron chi connectivity index (χ0n) is 17.3. The van der Waals surface area contributed by atoms with Crippen molar-refractivity contribution in [2.24, 2.45) is 0 Å². The number of nitrogens with one attached hydrogen (secondary N) is 1. The Morgan fingerprint density at radius 3 is 2.55 bits per heavy atom. The molecule has 2 aromatic carbocycles. The molecule has 7 nitrogen and oxygen atoms in total. The predicted molar refractivity (Wildman–Crippen MR) is 114 cm³/mol. The molecule has 1 unspecified atom stereocenters. The first-order chi connectivity index (χ1) is 15.2. The van der Waals surface area contributed by atoms with E-state index in [2.05, 4.69) is 15.2 Å². The van der Waals surface area contributed by atoms with E-state index in [1.54, 1.807) is 30.1 Å². The number of carbonyl (C=O) groups is 1. The van der Waals surface area contributed by atoms with Gasteiger partial charge in [-0.25, -0.2) is 9.37 Å². The van der Waals surface area contributed by atoms with Crippen LogP contribution in [0.1, 0.15) is 22.1 Å². The van der Waals surface area contributed by atoms with Gasteiger partial charge in [0.1, 0.15) is 17.3 Å². The van der Waals surface area contributed by atoms with Gasteiger partial charge in [-0.2, -0.15) is 0 Å². The SMILES string of the molecule is COc1ccc(C(CNC(=O)c2cncn2-c2ccc(F)cc2)N2CCOCC2)cc1. The fourth-order valence-corrected chi connectivity index (χ4v) is 3.72. The molecule has 4 rings (SSSR count). The molecule has 1 saturated heterocycles. The van der Waals surface area contributed by atoms with Crippen LogP contribution in [-0.2, 0) is 4.74 Å². The third-order valence-electron chi connectivity index (χ3n) is 5.42. The van der Waals surface area contributed by atoms with Crippen molar-refractivity contribution in [1.29, 1.82) is 0 Å². The molecule has 1 fully saturated rings. The molecule has 0 saturated carbocycles. The molecule has 3 aromatic rings. The topological polar surface area (TPSA) is 68.6 Å². The van der Waals surface area contributed by atoms with Crippen LogP contribution in [0, 0.1) is 5.82 Å². The van der Waals surface area contributed by atoms with E-state index < -0.39 is 0 Å². The standard InChI is InChI=1S/C23H25FN4O3/c1-30-20-8-2-17(3-9-20)21(27-10-12-31-13-11-27)15-26-23(29)22-14-25-16-28(22)19-6-4-18(24)5-7-19/h2-9,14,16,21H,10-13,15H2,1H3,(H,26,29). The molecule has 1 aliphatic heterocycles. The van der Waals surface area contributed by atoms with Crippen molar-refractivity contribution < 1.29 is 18.7 Å². The highest BCUT2D eigenvalue weighted by atomic mass is 19.1. The van der Waals surface area contributed by atoms with E-state index in [9.17, 15) is 9.18 Å². The zero-order chi connectivity index (χ0) is 21.6. The summed E-state index contributed by atoms with van der Waals surface area (Å²) in [5.74, 6) is 0.216. The number of amides is 1. The van der Waals surface area contributed by atoms with E-state index in [1.165, 1.54) is 18.3 Å². The van der Waals surface area contributed by atoms with Gasteiger partial charge in [-0.05, 0) is 42.0 Å². The minimum Gasteiger partial charge on any atom is -0.497 e. The lowest BCUT2D eigenvalue weighted by Gasteiger charge is -2.35. The number of rotatable bonds is 7. The quantitative estimate of drug-likeness (QED) is 0.632. The Kier molecular flexibility index (Phi) is 6.59. The Morgan fingerprint density at radius 2 is 1.87 bits per heavy atom. The predicted octanol–water partition coefficient (Wildman–Crippen LogP) is 2.82. The van der Waals surface area contributed by atoms with Crippen LogP contribution in [0.2, 0.25) is 0 Å². The molecule has 0 aliphatic carbocycles. The summed E-state index contributed by atoms with van der Waals surface area (Å²) in [6, 6.07) is 13.8. The van der Waals surface area contributed by atoms with E-state index in [1.807, 2.05) is 24.3 Å². The van der Waals surface area contributed by atoms with E-state index in [0.717, 1.165) is 24.4 Å². The van der Waals surface area contributed by atoms with Crippen LogP contribution in [0.25, 0.3) is 5.69 Å². The van der Waals surface area contributed by atoms with E-state index in [4.69, 9.17) is 9.47 Å². The molecule has 1 N–H and O–H groups in total. The molecule has 31 heavy (non-hydrogen) atoms. The monoisotopic (exact) mass is 424 g/mol. The average molecular weight is 424 g/mol. The molecule has 2 heterocycles. The Bertz CT molecular complexity index is 998. The van der Waals surface area contributed by atoms with Crippen molar-refractivity contribution in [2.45, 2.75) is 6.04 Å². The molecule has 8 heteroatoms. The number of benzene rings is 2. The van der Waals surface area contributed by atoms with Crippen LogP contribution in [-0.4, -0.2) is 60.3 Å². The normalized spacial score (nSPS) is 15.4. The first-order valence-electron chi connectivity index (χ1n) is 10.2. The van der Waals surface area contributed by atoms with Crippen molar-refractivity contribution in [2.75, 3.05) is 40.0 Å². The Hall–Kier alpha value is -3.23. The van der Waals surface area contributed by atoms with Crippen LogP contribution >= 0.6 is 0 Å². The number of halogens is 1. The largest absolute Gasteiger partial charge is 0.497 e. The van der Waals surface area contributed by atoms with Gasteiger partial charge in [-0.3, -0.25) is 14.3 Å². The number of ether oxygens (including phenoxy) is 2. The first kappa shape index (κ1) is 21.0. The summed E-state index contributed by atoms with van der Waals surface area (Å²) < 4.78 is 25.7. The lowest BCUT2D eigenvalue weighted by molar-refractivity contribution is 0.0162. The van der Waals surface area contributed by atoms with Crippen LogP contribution in [0.5, 0.6) is 5.75 Å². The molecule has 1 amide bonds. The van der Waals surface area contributed by atoms with Crippen molar-refractivity contribution in [1.82, 2.24) is 19.8 Å². The van der Waals surface area contributed by atoms with Crippen molar-refractivity contribution >= 4 is 5.91 Å². The number of nitrogens with zero attached hydrogens (tertiary/aromatic N) is 3. The second kappa shape index (κ2) is 9.72.